The molecule has 1 aliphatic heterocycles. The van der Waals surface area contributed by atoms with Crippen LogP contribution in [0.2, 0.25) is 0 Å². The summed E-state index contributed by atoms with van der Waals surface area (Å²) in [5.74, 6) is -0.00108. The fourth-order valence-electron chi connectivity index (χ4n) is 2.86. The third kappa shape index (κ3) is 3.33. The maximum absolute atomic E-state index is 12.1. The molecule has 0 aromatic heterocycles. The third-order valence-corrected chi connectivity index (χ3v) is 5.84. The van der Waals surface area contributed by atoms with Crippen LogP contribution in [0.15, 0.2) is 29.2 Å². The normalized spacial score (nSPS) is 20.9. The van der Waals surface area contributed by atoms with Gasteiger partial charge in [0, 0.05) is 0 Å². The third-order valence-electron chi connectivity index (χ3n) is 4.54. The summed E-state index contributed by atoms with van der Waals surface area (Å²) in [5, 5.41) is 2.85. The molecule has 0 bridgehead atoms. The highest BCUT2D eigenvalue weighted by molar-refractivity contribution is 7.86. The Bertz CT molecular complexity index is 633. The molecule has 122 valence electrons. The van der Waals surface area contributed by atoms with Crippen molar-refractivity contribution in [3.05, 3.63) is 29.8 Å². The Morgan fingerprint density at radius 1 is 1.23 bits per heavy atom. The molecule has 1 saturated heterocycles. The topological polar surface area (TPSA) is 72.5 Å². The van der Waals surface area contributed by atoms with Crippen LogP contribution in [-0.2, 0) is 19.1 Å². The lowest BCUT2D eigenvalue weighted by molar-refractivity contribution is -0.128. The van der Waals surface area contributed by atoms with Crippen molar-refractivity contribution in [2.75, 3.05) is 6.61 Å². The van der Waals surface area contributed by atoms with Gasteiger partial charge in [0.15, 0.2) is 0 Å². The Morgan fingerprint density at radius 3 is 2.32 bits per heavy atom. The van der Waals surface area contributed by atoms with Crippen molar-refractivity contribution in [1.29, 1.82) is 0 Å². The summed E-state index contributed by atoms with van der Waals surface area (Å²) in [6.45, 7) is 5.83. The summed E-state index contributed by atoms with van der Waals surface area (Å²) in [7, 11) is -3.78. The van der Waals surface area contributed by atoms with Gasteiger partial charge in [-0.2, -0.15) is 8.42 Å². The molecule has 1 unspecified atom stereocenters. The van der Waals surface area contributed by atoms with E-state index in [9.17, 15) is 13.2 Å². The van der Waals surface area contributed by atoms with Gasteiger partial charge >= 0.3 is 0 Å². The zero-order valence-corrected chi connectivity index (χ0v) is 14.1. The zero-order valence-electron chi connectivity index (χ0n) is 13.3. The number of amides is 1. The largest absolute Gasteiger partial charge is 0.350 e. The van der Waals surface area contributed by atoms with E-state index >= 15 is 0 Å². The average molecular weight is 325 g/mol. The van der Waals surface area contributed by atoms with E-state index in [0.717, 1.165) is 18.4 Å². The second-order valence-electron chi connectivity index (χ2n) is 5.91. The molecule has 6 heteroatoms. The van der Waals surface area contributed by atoms with Crippen molar-refractivity contribution in [2.24, 2.45) is 5.41 Å². The molecule has 22 heavy (non-hydrogen) atoms. The molecule has 2 rings (SSSR count). The molecule has 0 saturated carbocycles. The number of hydrogen-bond donors (Lipinski definition) is 1. The van der Waals surface area contributed by atoms with Crippen LogP contribution in [0.25, 0.3) is 0 Å². The fourth-order valence-corrected chi connectivity index (χ4v) is 3.81. The quantitative estimate of drug-likeness (QED) is 0.815. The van der Waals surface area contributed by atoms with E-state index in [-0.39, 0.29) is 28.9 Å². The van der Waals surface area contributed by atoms with Gasteiger partial charge in [-0.25, -0.2) is 0 Å². The lowest BCUT2D eigenvalue weighted by Crippen LogP contribution is -2.33. The number of hydrogen-bond acceptors (Lipinski definition) is 4. The molecule has 1 N–H and O–H groups in total. The predicted molar refractivity (Wildman–Crippen MR) is 83.9 cm³/mol. The molecule has 1 aromatic carbocycles. The number of benzene rings is 1. The summed E-state index contributed by atoms with van der Waals surface area (Å²) in [4.78, 5) is 12.2. The fraction of sp³-hybridized carbons (Fsp3) is 0.562. The second kappa shape index (κ2) is 6.38. The van der Waals surface area contributed by atoms with Crippen LogP contribution < -0.4 is 5.32 Å². The van der Waals surface area contributed by atoms with Crippen molar-refractivity contribution < 1.29 is 17.4 Å². The van der Waals surface area contributed by atoms with Gasteiger partial charge in [0.25, 0.3) is 10.1 Å². The van der Waals surface area contributed by atoms with Gasteiger partial charge in [-0.15, -0.1) is 0 Å². The molecule has 5 nitrogen and oxygen atoms in total. The summed E-state index contributed by atoms with van der Waals surface area (Å²) in [6, 6.07) is 6.26. The number of aryl methyl sites for hydroxylation is 1. The minimum Gasteiger partial charge on any atom is -0.350 e. The molecule has 1 aromatic rings. The van der Waals surface area contributed by atoms with E-state index in [1.54, 1.807) is 12.1 Å². The van der Waals surface area contributed by atoms with Gasteiger partial charge in [0.1, 0.15) is 0 Å². The molecule has 1 amide bonds. The first-order valence-electron chi connectivity index (χ1n) is 7.60. The van der Waals surface area contributed by atoms with Crippen molar-refractivity contribution in [3.8, 4) is 0 Å². The van der Waals surface area contributed by atoms with Crippen LogP contribution in [0.4, 0.5) is 0 Å². The summed E-state index contributed by atoms with van der Waals surface area (Å²) in [5.41, 5.74) is 0.597. The van der Waals surface area contributed by atoms with Crippen molar-refractivity contribution in [2.45, 2.75) is 51.0 Å². The highest BCUT2D eigenvalue weighted by Crippen LogP contribution is 2.37. The minimum absolute atomic E-state index is 0.00108. The highest BCUT2D eigenvalue weighted by atomic mass is 32.2. The van der Waals surface area contributed by atoms with Gasteiger partial charge in [-0.05, 0) is 38.3 Å². The summed E-state index contributed by atoms with van der Waals surface area (Å²) < 4.78 is 29.4. The maximum Gasteiger partial charge on any atom is 0.297 e. The Morgan fingerprint density at radius 2 is 1.82 bits per heavy atom. The number of rotatable bonds is 6. The van der Waals surface area contributed by atoms with Gasteiger partial charge < -0.3 is 5.32 Å². The molecule has 1 aliphatic rings. The molecule has 0 aliphatic carbocycles. The van der Waals surface area contributed by atoms with Crippen LogP contribution in [0, 0.1) is 12.3 Å². The first-order chi connectivity index (χ1) is 10.3. The molecular formula is C16H23NO4S. The van der Waals surface area contributed by atoms with E-state index in [1.807, 2.05) is 20.8 Å². The minimum atomic E-state index is -3.78. The molecule has 0 spiro atoms. The predicted octanol–water partition coefficient (Wildman–Crippen LogP) is 2.40. The lowest BCUT2D eigenvalue weighted by atomic mass is 9.80. The van der Waals surface area contributed by atoms with Crippen LogP contribution in [0.1, 0.15) is 38.7 Å². The summed E-state index contributed by atoms with van der Waals surface area (Å²) >= 11 is 0. The van der Waals surface area contributed by atoms with E-state index in [0.29, 0.717) is 6.42 Å². The standard InChI is InChI=1S/C16H23NO4S/c1-4-16(5-2)10-13(17-15(16)18)11-21-22(19,20)14-8-6-12(3)7-9-14/h6-9,13H,4-5,10-11H2,1-3H3,(H,17,18). The molecule has 0 radical (unpaired) electrons. The van der Waals surface area contributed by atoms with Crippen LogP contribution in [0.5, 0.6) is 0 Å². The molecule has 1 heterocycles. The van der Waals surface area contributed by atoms with Crippen molar-refractivity contribution in [3.63, 3.8) is 0 Å². The Balaban J connectivity index is 2.02. The van der Waals surface area contributed by atoms with Crippen LogP contribution >= 0.6 is 0 Å². The number of carbonyl (C=O) groups excluding carboxylic acids is 1. The Labute approximate surface area is 132 Å². The van der Waals surface area contributed by atoms with Crippen molar-refractivity contribution >= 4 is 16.0 Å². The SMILES string of the molecule is CCC1(CC)CC(COS(=O)(=O)c2ccc(C)cc2)NC1=O. The van der Waals surface area contributed by atoms with Crippen molar-refractivity contribution in [1.82, 2.24) is 5.32 Å². The second-order valence-corrected chi connectivity index (χ2v) is 7.53. The smallest absolute Gasteiger partial charge is 0.297 e. The Kier molecular flexibility index (Phi) is 4.92. The average Bonchev–Trinajstić information content (AvgIpc) is 2.82. The number of nitrogens with one attached hydrogen (secondary N) is 1. The van der Waals surface area contributed by atoms with Gasteiger partial charge in [0.05, 0.1) is 23.0 Å². The van der Waals surface area contributed by atoms with E-state index < -0.39 is 10.1 Å². The zero-order chi connectivity index (χ0) is 16.4. The number of carbonyl (C=O) groups is 1. The monoisotopic (exact) mass is 325 g/mol. The molecular weight excluding hydrogens is 302 g/mol. The Hall–Kier alpha value is -1.40. The molecule has 1 fully saturated rings. The maximum atomic E-state index is 12.1. The first-order valence-corrected chi connectivity index (χ1v) is 9.01. The van der Waals surface area contributed by atoms with E-state index in [2.05, 4.69) is 5.32 Å². The van der Waals surface area contributed by atoms with Gasteiger partial charge in [0.2, 0.25) is 5.91 Å². The van der Waals surface area contributed by atoms with Gasteiger partial charge in [-0.1, -0.05) is 31.5 Å². The van der Waals surface area contributed by atoms with E-state index in [1.165, 1.54) is 12.1 Å². The summed E-state index contributed by atoms with van der Waals surface area (Å²) in [6.07, 6.45) is 2.11. The molecule has 1 atom stereocenters. The van der Waals surface area contributed by atoms with Crippen LogP contribution in [-0.4, -0.2) is 27.0 Å². The first kappa shape index (κ1) is 17.0. The van der Waals surface area contributed by atoms with E-state index in [4.69, 9.17) is 4.18 Å². The highest BCUT2D eigenvalue weighted by Gasteiger charge is 2.44. The lowest BCUT2D eigenvalue weighted by Gasteiger charge is -2.22. The van der Waals surface area contributed by atoms with Gasteiger partial charge in [-0.3, -0.25) is 8.98 Å². The van der Waals surface area contributed by atoms with Crippen LogP contribution in [0.3, 0.4) is 0 Å².